The van der Waals surface area contributed by atoms with E-state index in [2.05, 4.69) is 96.6 Å². The van der Waals surface area contributed by atoms with Gasteiger partial charge >= 0.3 is 0 Å². The number of rotatable bonds is 10. The molecule has 63 heavy (non-hydrogen) atoms. The van der Waals surface area contributed by atoms with Gasteiger partial charge in [-0.15, -0.1) is 10.2 Å². The maximum absolute atomic E-state index is 9.55. The third kappa shape index (κ3) is 11.2. The summed E-state index contributed by atoms with van der Waals surface area (Å²) in [4.78, 5) is 41.2. The van der Waals surface area contributed by atoms with Crippen LogP contribution in [0.5, 0.6) is 5.19 Å². The Morgan fingerprint density at radius 2 is 1.11 bits per heavy atom. The van der Waals surface area contributed by atoms with Crippen molar-refractivity contribution in [3.8, 4) is 27.7 Å². The summed E-state index contributed by atoms with van der Waals surface area (Å²) >= 11 is 6.31. The average molecular weight is 952 g/mol. The van der Waals surface area contributed by atoms with Crippen molar-refractivity contribution in [2.45, 2.75) is 78.4 Å². The van der Waals surface area contributed by atoms with Crippen molar-refractivity contribution < 1.29 is 9.84 Å². The highest BCUT2D eigenvalue weighted by molar-refractivity contribution is 9.11. The van der Waals surface area contributed by atoms with Crippen molar-refractivity contribution in [2.75, 3.05) is 36.0 Å². The lowest BCUT2D eigenvalue weighted by Crippen LogP contribution is -2.39. The molecule has 10 rings (SSSR count). The highest BCUT2D eigenvalue weighted by Crippen LogP contribution is 2.30. The van der Waals surface area contributed by atoms with Crippen molar-refractivity contribution in [2.24, 2.45) is 11.8 Å². The van der Waals surface area contributed by atoms with E-state index in [1.807, 2.05) is 68.4 Å². The number of pyridine rings is 2. The number of hydrogen-bond donors (Lipinski definition) is 1. The number of hydrogen-bond acceptors (Lipinski definition) is 16. The van der Waals surface area contributed by atoms with Crippen LogP contribution in [0.25, 0.3) is 32.4 Å². The van der Waals surface area contributed by atoms with E-state index >= 15 is 0 Å². The maximum atomic E-state index is 9.55. The summed E-state index contributed by atoms with van der Waals surface area (Å²) in [5.74, 6) is 2.57. The van der Waals surface area contributed by atoms with Crippen LogP contribution in [-0.4, -0.2) is 103 Å². The van der Waals surface area contributed by atoms with Crippen molar-refractivity contribution in [3.63, 3.8) is 0 Å². The van der Waals surface area contributed by atoms with Crippen LogP contribution in [0.4, 0.5) is 11.9 Å². The first-order valence-electron chi connectivity index (χ1n) is 21.4. The first-order valence-corrected chi connectivity index (χ1v) is 23.8. The van der Waals surface area contributed by atoms with E-state index in [0.29, 0.717) is 17.0 Å². The molecule has 328 valence electrons. The normalized spacial score (nSPS) is 15.7. The third-order valence-corrected chi connectivity index (χ3v) is 13.6. The Hall–Kier alpha value is -5.50. The summed E-state index contributed by atoms with van der Waals surface area (Å²) in [5.41, 5.74) is 6.24. The van der Waals surface area contributed by atoms with Crippen LogP contribution in [0.3, 0.4) is 0 Å². The Kier molecular flexibility index (Phi) is 14.6. The summed E-state index contributed by atoms with van der Waals surface area (Å²) < 4.78 is 10.6. The van der Waals surface area contributed by atoms with Gasteiger partial charge in [-0.2, -0.15) is 0 Å². The number of aliphatic hydroxyl groups excluding tert-OH is 1. The molecule has 8 aromatic heterocycles. The molecule has 0 radical (unpaired) electrons. The fraction of sp³-hybridized carbons (Fsp3) is 0.409. The van der Waals surface area contributed by atoms with E-state index in [4.69, 9.17) is 4.74 Å². The molecule has 0 amide bonds. The lowest BCUT2D eigenvalue weighted by atomic mass is 9.92. The predicted molar refractivity (Wildman–Crippen MR) is 250 cm³/mol. The molecule has 19 heteroatoms. The van der Waals surface area contributed by atoms with E-state index in [1.165, 1.54) is 33.8 Å². The topological polar surface area (TPSA) is 174 Å². The van der Waals surface area contributed by atoms with Gasteiger partial charge in [0, 0.05) is 86.9 Å². The molecule has 0 saturated carbocycles. The third-order valence-electron chi connectivity index (χ3n) is 11.5. The number of fused-ring (bicyclic) bond motifs is 2. The Labute approximate surface area is 382 Å². The van der Waals surface area contributed by atoms with Crippen molar-refractivity contribution in [3.05, 3.63) is 101 Å². The fourth-order valence-electron chi connectivity index (χ4n) is 7.52. The molecule has 10 heterocycles. The second-order valence-electron chi connectivity index (χ2n) is 15.6. The average Bonchev–Trinajstić information content (AvgIpc) is 4.11. The Bertz CT molecular complexity index is 2560. The van der Waals surface area contributed by atoms with Crippen LogP contribution in [-0.2, 0) is 12.8 Å². The number of imidazole rings is 2. The van der Waals surface area contributed by atoms with E-state index in [1.54, 1.807) is 33.8 Å². The second kappa shape index (κ2) is 20.8. The summed E-state index contributed by atoms with van der Waals surface area (Å²) in [6.07, 6.45) is 24.6. The number of ether oxygens (including phenoxy) is 1. The molecule has 1 N–H and O–H groups in total. The van der Waals surface area contributed by atoms with Crippen molar-refractivity contribution in [1.29, 1.82) is 0 Å². The summed E-state index contributed by atoms with van der Waals surface area (Å²) in [5, 5.41) is 19.0. The Morgan fingerprint density at radius 3 is 1.54 bits per heavy atom. The van der Waals surface area contributed by atoms with E-state index < -0.39 is 0 Å². The number of aliphatic hydroxyl groups is 1. The predicted octanol–water partition coefficient (Wildman–Crippen LogP) is 8.14. The number of anilines is 2. The molecule has 0 spiro atoms. The highest BCUT2D eigenvalue weighted by atomic mass is 79.9. The molecular weight excluding hydrogens is 901 g/mol. The number of nitrogens with zero attached hydrogens (tertiary/aromatic N) is 14. The van der Waals surface area contributed by atoms with Gasteiger partial charge in [0.15, 0.2) is 3.92 Å². The minimum absolute atomic E-state index is 0.0982. The molecule has 2 fully saturated rings. The molecule has 0 unspecified atom stereocenters. The monoisotopic (exact) mass is 950 g/mol. The van der Waals surface area contributed by atoms with E-state index in [-0.39, 0.29) is 12.2 Å². The number of halogens is 1. The van der Waals surface area contributed by atoms with Crippen LogP contribution < -0.4 is 14.5 Å². The lowest BCUT2D eigenvalue weighted by Gasteiger charge is -2.34. The number of aryl methyl sites for hydroxylation is 2. The van der Waals surface area contributed by atoms with Crippen LogP contribution in [0.1, 0.15) is 64.5 Å². The smallest absolute Gasteiger partial charge is 0.294 e. The molecule has 2 atom stereocenters. The zero-order valence-electron chi connectivity index (χ0n) is 35.8. The zero-order valence-corrected chi connectivity index (χ0v) is 39.0. The van der Waals surface area contributed by atoms with Gasteiger partial charge in [-0.25, -0.2) is 38.9 Å². The van der Waals surface area contributed by atoms with Gasteiger partial charge in [0.25, 0.3) is 5.19 Å². The van der Waals surface area contributed by atoms with Crippen molar-refractivity contribution >= 4 is 60.4 Å². The number of piperidine rings is 2. The van der Waals surface area contributed by atoms with E-state index in [9.17, 15) is 5.11 Å². The van der Waals surface area contributed by atoms with Gasteiger partial charge in [-0.3, -0.25) is 9.97 Å². The molecule has 16 nitrogen and oxygen atoms in total. The van der Waals surface area contributed by atoms with Gasteiger partial charge in [0.2, 0.25) is 21.8 Å². The van der Waals surface area contributed by atoms with E-state index in [0.717, 1.165) is 113 Å². The molecule has 2 aliphatic rings. The summed E-state index contributed by atoms with van der Waals surface area (Å²) in [6, 6.07) is 7.76. The Balaban J connectivity index is 0.000000143. The van der Waals surface area contributed by atoms with Crippen LogP contribution in [0, 0.1) is 11.8 Å². The highest BCUT2D eigenvalue weighted by Gasteiger charge is 2.28. The van der Waals surface area contributed by atoms with Crippen molar-refractivity contribution in [1.82, 2.24) is 59.1 Å². The zero-order chi connectivity index (χ0) is 43.7. The first-order chi connectivity index (χ1) is 30.7. The second-order valence-corrected chi connectivity index (χ2v) is 18.8. The maximum Gasteiger partial charge on any atom is 0.294 e. The quantitative estimate of drug-likeness (QED) is 0.139. The van der Waals surface area contributed by atoms with Gasteiger partial charge in [0.1, 0.15) is 6.10 Å². The Morgan fingerprint density at radius 1 is 0.667 bits per heavy atom. The van der Waals surface area contributed by atoms with Gasteiger partial charge in [-0.1, -0.05) is 25.2 Å². The van der Waals surface area contributed by atoms with Crippen LogP contribution in [0.15, 0.2) is 90.2 Å². The molecule has 0 aromatic carbocycles. The molecule has 0 bridgehead atoms. The van der Waals surface area contributed by atoms with Gasteiger partial charge in [-0.05, 0) is 127 Å². The standard InChI is InChI=1S/C22H25N7OS.C13H21N3O.C9H5BrN4S/c1-3-16-12-24-20(25-13-16)28-10-6-17(7-11-28)15(2)30-22-27-29-14-19(26-21(29)31-22)18-4-8-23-9-5-18;1-3-11-8-14-13(15-9-11)16-6-4-12(5-7-16)10(2)17;10-8-13-14-5-7(12-9(14)15-8)6-1-3-11-4-2-6/h4-5,8-9,12-15,17H,3,6-7,10-11H2,1-2H3;8-10,12,17H,3-7H2,1-2H3;1-5H/t15-;10-;/m10./s1. The molecule has 8 aromatic rings. The lowest BCUT2D eigenvalue weighted by molar-refractivity contribution is 0.109. The number of aromatic nitrogens is 12. The largest absolute Gasteiger partial charge is 0.466 e. The summed E-state index contributed by atoms with van der Waals surface area (Å²) in [6.45, 7) is 12.0. The minimum Gasteiger partial charge on any atom is -0.466 e. The van der Waals surface area contributed by atoms with Gasteiger partial charge < -0.3 is 19.6 Å². The van der Waals surface area contributed by atoms with Gasteiger partial charge in [0.05, 0.1) is 29.9 Å². The summed E-state index contributed by atoms with van der Waals surface area (Å²) in [7, 11) is 0. The molecular formula is C44H51BrN14O2S2. The SMILES string of the molecule is Brc1nn2cc(-c3ccncc3)nc2s1.CCc1cnc(N2CCC([C@@H](C)Oc3nn4cc(-c5ccncc5)nc4s3)CC2)nc1.CCc1cnc(N2CCC([C@H](C)O)CC2)nc1. The minimum atomic E-state index is -0.194. The van der Waals surface area contributed by atoms with Crippen LogP contribution >= 0.6 is 38.6 Å². The fourth-order valence-corrected chi connectivity index (χ4v) is 9.55. The molecule has 2 aliphatic heterocycles. The molecule has 0 aliphatic carbocycles. The van der Waals surface area contributed by atoms with Crippen LogP contribution in [0.2, 0.25) is 0 Å². The molecule has 2 saturated heterocycles. The first kappa shape index (κ1) is 44.1.